The van der Waals surface area contributed by atoms with Gasteiger partial charge in [0.05, 0.1) is 26.1 Å². The van der Waals surface area contributed by atoms with E-state index in [-0.39, 0.29) is 6.42 Å². The van der Waals surface area contributed by atoms with Gasteiger partial charge in [0.15, 0.2) is 0 Å². The number of aromatic amines is 1. The van der Waals surface area contributed by atoms with Crippen molar-refractivity contribution in [1.29, 1.82) is 0 Å². The molecule has 1 heterocycles. The zero-order valence-corrected chi connectivity index (χ0v) is 39.0. The largest absolute Gasteiger partial charge is 0.481 e. The van der Waals surface area contributed by atoms with E-state index in [9.17, 15) is 72.5 Å². The molecule has 0 aliphatic rings. The Morgan fingerprint density at radius 2 is 1.17 bits per heavy atom. The quantitative estimate of drug-likeness (QED) is 0.0385. The lowest BCUT2D eigenvalue weighted by molar-refractivity contribution is -0.145. The van der Waals surface area contributed by atoms with Gasteiger partial charge in [-0.05, 0) is 52.7 Å². The highest BCUT2D eigenvalue weighted by Gasteiger charge is 2.31. The zero-order chi connectivity index (χ0) is 52.9. The minimum Gasteiger partial charge on any atom is -0.481 e. The number of hydrogen-bond donors (Lipinski definition) is 13. The Hall–Kier alpha value is -8.33. The third-order valence-electron chi connectivity index (χ3n) is 9.30. The number of esters is 1. The number of H-pyrrole nitrogens is 1. The first-order valence-corrected chi connectivity index (χ1v) is 21.3. The third-order valence-corrected chi connectivity index (χ3v) is 9.30. The summed E-state index contributed by atoms with van der Waals surface area (Å²) in [5.74, 6) is -13.5. The lowest BCUT2D eigenvalue weighted by Crippen LogP contribution is -2.58. The molecular weight excluding hydrogens is 933 g/mol. The SMILES string of the molecule is CC(=O)OC[C@H](NC(=O)[C@H](C)NC(=O)[C@H](CC(=O)O)NC(=O)CNC(=O)CNC(=O)[C@H](C)NC(=O)[C@H](Cc1c[nH]c2ccccc12)NC(=O)OC(C)(C)C)C(=O)NCC(=O)N[C@@H](CCC(=O)O)C(=O)O. The summed E-state index contributed by atoms with van der Waals surface area (Å²) in [6.45, 7) is 5.07. The van der Waals surface area contributed by atoms with E-state index in [1.807, 2.05) is 23.5 Å². The summed E-state index contributed by atoms with van der Waals surface area (Å²) in [6, 6.07) is -1.93. The van der Waals surface area contributed by atoms with Gasteiger partial charge >= 0.3 is 30.0 Å². The van der Waals surface area contributed by atoms with Gasteiger partial charge in [-0.3, -0.25) is 52.7 Å². The van der Waals surface area contributed by atoms with Gasteiger partial charge in [-0.1, -0.05) is 18.2 Å². The molecule has 0 fully saturated rings. The summed E-state index contributed by atoms with van der Waals surface area (Å²) in [4.78, 5) is 164. The number of benzene rings is 1. The molecule has 384 valence electrons. The number of carbonyl (C=O) groups excluding carboxylic acids is 10. The number of aliphatic carboxylic acids is 3. The molecule has 70 heavy (non-hydrogen) atoms. The summed E-state index contributed by atoms with van der Waals surface area (Å²) < 4.78 is 10.1. The van der Waals surface area contributed by atoms with Crippen molar-refractivity contribution in [2.45, 2.75) is 109 Å². The van der Waals surface area contributed by atoms with Crippen LogP contribution in [0.25, 0.3) is 10.9 Å². The van der Waals surface area contributed by atoms with Crippen molar-refractivity contribution < 1.29 is 87.1 Å². The van der Waals surface area contributed by atoms with Crippen molar-refractivity contribution in [2.75, 3.05) is 26.2 Å². The van der Waals surface area contributed by atoms with Crippen LogP contribution in [-0.2, 0) is 73.4 Å². The van der Waals surface area contributed by atoms with E-state index >= 15 is 0 Å². The number of ether oxygens (including phenoxy) is 2. The Labute approximate surface area is 398 Å². The summed E-state index contributed by atoms with van der Waals surface area (Å²) >= 11 is 0. The predicted molar refractivity (Wildman–Crippen MR) is 239 cm³/mol. The Bertz CT molecular complexity index is 2290. The molecule has 6 atom stereocenters. The van der Waals surface area contributed by atoms with Crippen molar-refractivity contribution in [1.82, 2.24) is 52.8 Å². The van der Waals surface area contributed by atoms with Crippen molar-refractivity contribution in [2.24, 2.45) is 0 Å². The van der Waals surface area contributed by atoms with Gasteiger partial charge < -0.3 is 77.6 Å². The van der Waals surface area contributed by atoms with Crippen molar-refractivity contribution >= 4 is 88.1 Å². The fraction of sp³-hybridized carbons (Fsp3) is 0.500. The maximum Gasteiger partial charge on any atom is 0.408 e. The highest BCUT2D eigenvalue weighted by Crippen LogP contribution is 2.19. The first-order chi connectivity index (χ1) is 32.6. The number of carboxylic acids is 3. The fourth-order valence-electron chi connectivity index (χ4n) is 5.87. The van der Waals surface area contributed by atoms with Gasteiger partial charge in [0.25, 0.3) is 0 Å². The lowest BCUT2D eigenvalue weighted by atomic mass is 10.0. The second kappa shape index (κ2) is 27.5. The first kappa shape index (κ1) is 57.8. The second-order valence-corrected chi connectivity index (χ2v) is 16.4. The molecule has 0 unspecified atom stereocenters. The number of amides is 9. The van der Waals surface area contributed by atoms with Gasteiger partial charge in [-0.25, -0.2) is 9.59 Å². The molecule has 0 bridgehead atoms. The van der Waals surface area contributed by atoms with E-state index in [0.29, 0.717) is 5.56 Å². The molecule has 0 radical (unpaired) electrons. The molecular formula is C42H58N10O18. The molecule has 1 aromatic heterocycles. The summed E-state index contributed by atoms with van der Waals surface area (Å²) in [7, 11) is 0. The van der Waals surface area contributed by atoms with E-state index < -0.39 is 165 Å². The van der Waals surface area contributed by atoms with Crippen molar-refractivity contribution in [3.05, 3.63) is 36.0 Å². The van der Waals surface area contributed by atoms with Gasteiger partial charge in [-0.15, -0.1) is 0 Å². The molecule has 0 aliphatic heterocycles. The van der Waals surface area contributed by atoms with Crippen LogP contribution in [-0.4, -0.2) is 166 Å². The molecule has 9 amide bonds. The Kier molecular flexibility index (Phi) is 22.7. The van der Waals surface area contributed by atoms with Crippen LogP contribution in [0.15, 0.2) is 30.5 Å². The highest BCUT2D eigenvalue weighted by atomic mass is 16.6. The standard InChI is InChI=1S/C42H58N10O18/c1-20(47-38(64)27(52-41(68)70-42(4,5)6)13-23-15-43-25-10-8-7-9-24(23)25)35(61)45-16-30(54)44-17-31(55)50-28(14-34(59)60)39(65)48-21(2)36(62)51-29(19-69-22(3)53)37(63)46-18-32(56)49-26(40(66)67)11-12-33(57)58/h7-10,15,20-21,26-29,43H,11-14,16-19H2,1-6H3,(H,44,54)(H,45,61)(H,46,63)(H,47,64)(H,48,65)(H,49,56)(H,50,55)(H,51,62)(H,52,68)(H,57,58)(H,59,60)(H,66,67)/t20-,21-,26-,27-,28-,29-/m0/s1. The Morgan fingerprint density at radius 3 is 1.76 bits per heavy atom. The smallest absolute Gasteiger partial charge is 0.408 e. The van der Waals surface area contributed by atoms with E-state index in [1.165, 1.54) is 6.92 Å². The third kappa shape index (κ3) is 21.5. The molecule has 2 aromatic rings. The van der Waals surface area contributed by atoms with E-state index in [2.05, 4.69) is 47.5 Å². The molecule has 0 spiro atoms. The molecule has 28 nitrogen and oxygen atoms in total. The molecule has 28 heteroatoms. The molecule has 13 N–H and O–H groups in total. The average molecular weight is 991 g/mol. The van der Waals surface area contributed by atoms with Crippen LogP contribution >= 0.6 is 0 Å². The minimum atomic E-state index is -1.84. The molecule has 2 rings (SSSR count). The molecule has 0 saturated heterocycles. The van der Waals surface area contributed by atoms with Crippen molar-refractivity contribution in [3.8, 4) is 0 Å². The number of alkyl carbamates (subject to hydrolysis) is 1. The lowest BCUT2D eigenvalue weighted by Gasteiger charge is -2.24. The fourth-order valence-corrected chi connectivity index (χ4v) is 5.87. The van der Waals surface area contributed by atoms with Gasteiger partial charge in [0, 0.05) is 36.9 Å². The number of para-hydroxylation sites is 1. The van der Waals surface area contributed by atoms with Crippen LogP contribution in [0.2, 0.25) is 0 Å². The van der Waals surface area contributed by atoms with Crippen LogP contribution in [0.1, 0.15) is 66.4 Å². The van der Waals surface area contributed by atoms with Gasteiger partial charge in [0.2, 0.25) is 47.3 Å². The zero-order valence-electron chi connectivity index (χ0n) is 39.0. The second-order valence-electron chi connectivity index (χ2n) is 16.4. The number of rotatable bonds is 27. The molecule has 0 aliphatic carbocycles. The summed E-state index contributed by atoms with van der Waals surface area (Å²) in [5.41, 5.74) is 0.579. The van der Waals surface area contributed by atoms with Crippen LogP contribution < -0.4 is 47.9 Å². The number of carboxylic acid groups (broad SMARTS) is 3. The van der Waals surface area contributed by atoms with Gasteiger partial charge in [-0.2, -0.15) is 0 Å². The minimum absolute atomic E-state index is 0.00371. The van der Waals surface area contributed by atoms with Crippen LogP contribution in [0.5, 0.6) is 0 Å². The van der Waals surface area contributed by atoms with Crippen molar-refractivity contribution in [3.63, 3.8) is 0 Å². The number of nitrogens with one attached hydrogen (secondary N) is 10. The van der Waals surface area contributed by atoms with E-state index in [1.54, 1.807) is 33.0 Å². The Balaban J connectivity index is 1.96. The van der Waals surface area contributed by atoms with E-state index in [4.69, 9.17) is 14.6 Å². The number of fused-ring (bicyclic) bond motifs is 1. The Morgan fingerprint density at radius 1 is 0.614 bits per heavy atom. The van der Waals surface area contributed by atoms with Crippen LogP contribution in [0.4, 0.5) is 4.79 Å². The maximum absolute atomic E-state index is 13.4. The normalized spacial score (nSPS) is 13.5. The molecule has 1 aromatic carbocycles. The number of hydrogen-bond acceptors (Lipinski definition) is 15. The van der Waals surface area contributed by atoms with Gasteiger partial charge in [0.1, 0.15) is 48.5 Å². The van der Waals surface area contributed by atoms with E-state index in [0.717, 1.165) is 24.8 Å². The predicted octanol–water partition coefficient (Wildman–Crippen LogP) is -3.60. The average Bonchev–Trinajstić information content (AvgIpc) is 3.67. The maximum atomic E-state index is 13.4. The first-order valence-electron chi connectivity index (χ1n) is 21.3. The monoisotopic (exact) mass is 990 g/mol. The summed E-state index contributed by atoms with van der Waals surface area (Å²) in [5, 5.41) is 48.1. The number of aromatic nitrogens is 1. The number of carbonyl (C=O) groups is 13. The topological polar surface area (TPSA) is 425 Å². The molecule has 0 saturated carbocycles. The highest BCUT2D eigenvalue weighted by molar-refractivity contribution is 5.98. The summed E-state index contributed by atoms with van der Waals surface area (Å²) in [6.07, 6.45) is -1.30. The van der Waals surface area contributed by atoms with Crippen LogP contribution in [0.3, 0.4) is 0 Å². The van der Waals surface area contributed by atoms with Crippen LogP contribution in [0, 0.1) is 0 Å².